The number of likely N-dealkylation sites (tertiary alicyclic amines) is 1. The number of piperidine rings is 1. The maximum Gasteiger partial charge on any atom is 0.222 e. The molecule has 1 saturated heterocycles. The summed E-state index contributed by atoms with van der Waals surface area (Å²) in [5.41, 5.74) is 4.85. The molecule has 0 unspecified atom stereocenters. The van der Waals surface area contributed by atoms with Gasteiger partial charge in [-0.1, -0.05) is 13.8 Å². The third-order valence-electron chi connectivity index (χ3n) is 4.41. The van der Waals surface area contributed by atoms with Crippen LogP contribution in [0.15, 0.2) is 12.4 Å². The van der Waals surface area contributed by atoms with E-state index in [0.29, 0.717) is 18.4 Å². The van der Waals surface area contributed by atoms with Crippen molar-refractivity contribution in [2.45, 2.75) is 52.2 Å². The molecule has 2 aliphatic rings. The van der Waals surface area contributed by atoms with Crippen molar-refractivity contribution < 1.29 is 4.79 Å². The molecule has 22 heavy (non-hydrogen) atoms. The number of amides is 1. The number of imidazole rings is 1. The molecule has 1 fully saturated rings. The van der Waals surface area contributed by atoms with Crippen molar-refractivity contribution in [1.29, 1.82) is 0 Å². The van der Waals surface area contributed by atoms with Crippen molar-refractivity contribution >= 4 is 5.91 Å². The zero-order valence-corrected chi connectivity index (χ0v) is 13.9. The van der Waals surface area contributed by atoms with Gasteiger partial charge in [0.2, 0.25) is 5.91 Å². The van der Waals surface area contributed by atoms with Crippen LogP contribution in [0.3, 0.4) is 0 Å². The number of hydrogen-bond donors (Lipinski definition) is 1. The van der Waals surface area contributed by atoms with Crippen LogP contribution >= 0.6 is 0 Å². The monoisotopic (exact) mass is 307 g/mol. The van der Waals surface area contributed by atoms with Crippen LogP contribution in [0.5, 0.6) is 0 Å². The summed E-state index contributed by atoms with van der Waals surface area (Å²) in [7, 11) is 0. The van der Waals surface area contributed by atoms with Crippen molar-refractivity contribution in [3.63, 3.8) is 0 Å². The Hall–Kier alpha value is -1.40. The maximum atomic E-state index is 11.7. The van der Waals surface area contributed by atoms with E-state index < -0.39 is 0 Å². The zero-order valence-electron chi connectivity index (χ0n) is 13.9. The highest BCUT2D eigenvalue weighted by Gasteiger charge is 2.28. The Kier molecular flexibility index (Phi) is 6.39. The van der Waals surface area contributed by atoms with E-state index in [9.17, 15) is 4.79 Å². The quantitative estimate of drug-likeness (QED) is 0.887. The summed E-state index contributed by atoms with van der Waals surface area (Å²) >= 11 is 0. The number of nitrogens with two attached hydrogens (primary N) is 1. The van der Waals surface area contributed by atoms with Crippen molar-refractivity contribution in [1.82, 2.24) is 19.4 Å². The highest BCUT2D eigenvalue weighted by Crippen LogP contribution is 2.21. The van der Waals surface area contributed by atoms with E-state index in [2.05, 4.69) is 20.6 Å². The minimum atomic E-state index is 0.299. The number of nitrogens with zero attached hydrogens (tertiary/aromatic N) is 4. The van der Waals surface area contributed by atoms with E-state index in [4.69, 9.17) is 5.73 Å². The molecule has 0 aliphatic carbocycles. The van der Waals surface area contributed by atoms with Crippen molar-refractivity contribution in [2.24, 2.45) is 5.73 Å². The minimum absolute atomic E-state index is 0.299. The first kappa shape index (κ1) is 17.0. The molecular formula is C16H29N5O. The van der Waals surface area contributed by atoms with Crippen LogP contribution in [-0.2, 0) is 17.9 Å². The molecule has 124 valence electrons. The third kappa shape index (κ3) is 4.08. The van der Waals surface area contributed by atoms with Crippen LogP contribution in [0, 0.1) is 0 Å². The summed E-state index contributed by atoms with van der Waals surface area (Å²) in [6.07, 6.45) is 6.79. The number of aromatic nitrogens is 2. The normalized spacial score (nSPS) is 19.3. The van der Waals surface area contributed by atoms with Crippen LogP contribution in [0.4, 0.5) is 0 Å². The van der Waals surface area contributed by atoms with Gasteiger partial charge in [0.1, 0.15) is 5.82 Å². The van der Waals surface area contributed by atoms with E-state index in [-0.39, 0.29) is 0 Å². The first-order valence-electron chi connectivity index (χ1n) is 8.41. The summed E-state index contributed by atoms with van der Waals surface area (Å²) in [6, 6.07) is 0.617. The van der Waals surface area contributed by atoms with Gasteiger partial charge in [-0.2, -0.15) is 0 Å². The lowest BCUT2D eigenvalue weighted by Crippen LogP contribution is -2.48. The molecule has 2 aliphatic heterocycles. The molecule has 1 aromatic heterocycles. The molecule has 1 amide bonds. The number of hydrogen-bond acceptors (Lipinski definition) is 4. The van der Waals surface area contributed by atoms with Gasteiger partial charge in [0.15, 0.2) is 0 Å². The molecular weight excluding hydrogens is 278 g/mol. The van der Waals surface area contributed by atoms with E-state index >= 15 is 0 Å². The largest absolute Gasteiger partial charge is 0.343 e. The number of carbonyl (C=O) groups is 1. The van der Waals surface area contributed by atoms with Crippen LogP contribution in [0.1, 0.15) is 38.9 Å². The van der Waals surface area contributed by atoms with Crippen LogP contribution in [-0.4, -0.2) is 57.5 Å². The molecule has 3 rings (SSSR count). The topological polar surface area (TPSA) is 67.4 Å². The van der Waals surface area contributed by atoms with Crippen molar-refractivity contribution in [2.75, 3.05) is 26.2 Å². The summed E-state index contributed by atoms with van der Waals surface area (Å²) < 4.78 is 2.24. The van der Waals surface area contributed by atoms with Crippen molar-refractivity contribution in [3.05, 3.63) is 18.2 Å². The summed E-state index contributed by atoms with van der Waals surface area (Å²) in [5, 5.41) is 0. The van der Waals surface area contributed by atoms with E-state index in [0.717, 1.165) is 52.1 Å². The average molecular weight is 307 g/mol. The highest BCUT2D eigenvalue weighted by atomic mass is 16.2. The van der Waals surface area contributed by atoms with Gasteiger partial charge in [0.25, 0.3) is 0 Å². The summed E-state index contributed by atoms with van der Waals surface area (Å²) in [6.45, 7) is 9.54. The van der Waals surface area contributed by atoms with Gasteiger partial charge < -0.3 is 15.2 Å². The molecule has 0 spiro atoms. The van der Waals surface area contributed by atoms with E-state index in [1.54, 1.807) is 0 Å². The van der Waals surface area contributed by atoms with Gasteiger partial charge in [0, 0.05) is 51.0 Å². The van der Waals surface area contributed by atoms with E-state index in [1.807, 2.05) is 24.9 Å². The second-order valence-corrected chi connectivity index (χ2v) is 5.88. The molecule has 6 nitrogen and oxygen atoms in total. The lowest BCUT2D eigenvalue weighted by atomic mass is 10.0. The van der Waals surface area contributed by atoms with Gasteiger partial charge in [-0.05, 0) is 19.4 Å². The number of carbonyl (C=O) groups excluding carboxylic acids is 1. The van der Waals surface area contributed by atoms with Gasteiger partial charge in [-0.3, -0.25) is 9.69 Å². The molecule has 3 heterocycles. The van der Waals surface area contributed by atoms with Crippen LogP contribution < -0.4 is 5.73 Å². The SMILES string of the molecule is CCC(=O)N1CCC(N2CCn3ccnc3C2)CC1.CCN. The molecule has 0 bridgehead atoms. The van der Waals surface area contributed by atoms with E-state index in [1.165, 1.54) is 5.82 Å². The van der Waals surface area contributed by atoms with Gasteiger partial charge >= 0.3 is 0 Å². The standard InChI is InChI=1S/C14H22N4O.C2H7N/c1-2-14(19)17-6-3-12(4-7-17)18-10-9-16-8-5-15-13(16)11-18;1-2-3/h5,8,12H,2-4,6-7,9-11H2,1H3;2-3H2,1H3. The molecule has 6 heteroatoms. The second-order valence-electron chi connectivity index (χ2n) is 5.88. The smallest absolute Gasteiger partial charge is 0.222 e. The summed E-state index contributed by atoms with van der Waals surface area (Å²) in [4.78, 5) is 20.6. The summed E-state index contributed by atoms with van der Waals surface area (Å²) in [5.74, 6) is 1.48. The Morgan fingerprint density at radius 1 is 1.27 bits per heavy atom. The van der Waals surface area contributed by atoms with Crippen LogP contribution in [0.25, 0.3) is 0 Å². The highest BCUT2D eigenvalue weighted by molar-refractivity contribution is 5.75. The Balaban J connectivity index is 0.000000545. The minimum Gasteiger partial charge on any atom is -0.343 e. The molecule has 0 aromatic carbocycles. The van der Waals surface area contributed by atoms with Gasteiger partial charge in [0.05, 0.1) is 6.54 Å². The number of rotatable bonds is 2. The molecule has 0 radical (unpaired) electrons. The first-order valence-corrected chi connectivity index (χ1v) is 8.41. The predicted molar refractivity (Wildman–Crippen MR) is 87.3 cm³/mol. The van der Waals surface area contributed by atoms with Crippen LogP contribution in [0.2, 0.25) is 0 Å². The first-order chi connectivity index (χ1) is 10.7. The third-order valence-corrected chi connectivity index (χ3v) is 4.41. The molecule has 0 atom stereocenters. The lowest BCUT2D eigenvalue weighted by Gasteiger charge is -2.40. The maximum absolute atomic E-state index is 11.7. The van der Waals surface area contributed by atoms with Gasteiger partial charge in [-0.25, -0.2) is 4.98 Å². The fourth-order valence-corrected chi connectivity index (χ4v) is 3.21. The molecule has 2 N–H and O–H groups in total. The Labute approximate surface area is 133 Å². The zero-order chi connectivity index (χ0) is 15.9. The Morgan fingerprint density at radius 2 is 1.95 bits per heavy atom. The average Bonchev–Trinajstić information content (AvgIpc) is 3.02. The molecule has 1 aromatic rings. The van der Waals surface area contributed by atoms with Crippen molar-refractivity contribution in [3.8, 4) is 0 Å². The second kappa shape index (κ2) is 8.29. The Bertz CT molecular complexity index is 465. The molecule has 0 saturated carbocycles. The lowest BCUT2D eigenvalue weighted by molar-refractivity contribution is -0.132. The fraction of sp³-hybridized carbons (Fsp3) is 0.750. The predicted octanol–water partition coefficient (Wildman–Crippen LogP) is 1.06. The Morgan fingerprint density at radius 3 is 2.59 bits per heavy atom. The van der Waals surface area contributed by atoms with Gasteiger partial charge in [-0.15, -0.1) is 0 Å². The fourth-order valence-electron chi connectivity index (χ4n) is 3.21. The number of fused-ring (bicyclic) bond motifs is 1.